The summed E-state index contributed by atoms with van der Waals surface area (Å²) in [6, 6.07) is 8.21. The summed E-state index contributed by atoms with van der Waals surface area (Å²) in [7, 11) is -4.43. The number of imide groups is 1. The third-order valence-electron chi connectivity index (χ3n) is 3.20. The van der Waals surface area contributed by atoms with Crippen LogP contribution in [0.5, 0.6) is 0 Å². The van der Waals surface area contributed by atoms with Crippen molar-refractivity contribution in [3.63, 3.8) is 0 Å². The molecule has 0 unspecified atom stereocenters. The first-order valence-corrected chi connectivity index (χ1v) is 7.93. The van der Waals surface area contributed by atoms with Gasteiger partial charge in [0.1, 0.15) is 0 Å². The molecule has 0 aromatic heterocycles. The van der Waals surface area contributed by atoms with Gasteiger partial charge in [0, 0.05) is 19.2 Å². The highest BCUT2D eigenvalue weighted by molar-refractivity contribution is 7.90. The van der Waals surface area contributed by atoms with Crippen LogP contribution in [0.4, 0.5) is 0 Å². The SMILES string of the molecule is CC(=O)N(C(C)=O)S(=O)(=O)c1ccc(C(=O)O)c2ccccc12. The van der Waals surface area contributed by atoms with Crippen molar-refractivity contribution in [2.24, 2.45) is 0 Å². The number of carbonyl (C=O) groups is 3. The van der Waals surface area contributed by atoms with Crippen LogP contribution in [0.2, 0.25) is 0 Å². The van der Waals surface area contributed by atoms with E-state index in [1.54, 1.807) is 12.1 Å². The summed E-state index contributed by atoms with van der Waals surface area (Å²) in [5.74, 6) is -3.09. The highest BCUT2D eigenvalue weighted by Crippen LogP contribution is 2.28. The summed E-state index contributed by atoms with van der Waals surface area (Å²) < 4.78 is 25.5. The molecule has 0 spiro atoms. The van der Waals surface area contributed by atoms with E-state index in [1.807, 2.05) is 0 Å². The second-order valence-corrected chi connectivity index (χ2v) is 6.52. The van der Waals surface area contributed by atoms with Gasteiger partial charge in [0.25, 0.3) is 10.0 Å². The molecule has 2 aromatic carbocycles. The lowest BCUT2D eigenvalue weighted by atomic mass is 10.0. The third kappa shape index (κ3) is 2.80. The van der Waals surface area contributed by atoms with Crippen LogP contribution in [0.15, 0.2) is 41.3 Å². The lowest BCUT2D eigenvalue weighted by molar-refractivity contribution is -0.135. The van der Waals surface area contributed by atoms with E-state index in [9.17, 15) is 27.9 Å². The van der Waals surface area contributed by atoms with Crippen molar-refractivity contribution < 1.29 is 27.9 Å². The van der Waals surface area contributed by atoms with Crippen LogP contribution in [-0.2, 0) is 19.6 Å². The standard InChI is InChI=1S/C15H13NO6S/c1-9(17)16(10(2)18)23(21,22)14-8-7-13(15(19)20)11-5-3-4-6-12(11)14/h3-8H,1-2H3,(H,19,20). The predicted octanol–water partition coefficient (Wildman–Crippen LogP) is 1.62. The Kier molecular flexibility index (Phi) is 4.20. The molecule has 120 valence electrons. The molecule has 0 heterocycles. The molecule has 2 amide bonds. The molecule has 2 rings (SSSR count). The van der Waals surface area contributed by atoms with Crippen molar-refractivity contribution in [1.29, 1.82) is 0 Å². The van der Waals surface area contributed by atoms with Gasteiger partial charge < -0.3 is 5.11 Å². The number of sulfonamides is 1. The zero-order chi connectivity index (χ0) is 17.4. The van der Waals surface area contributed by atoms with Gasteiger partial charge in [0.05, 0.1) is 10.5 Å². The normalized spacial score (nSPS) is 11.2. The van der Waals surface area contributed by atoms with E-state index in [2.05, 4.69) is 0 Å². The van der Waals surface area contributed by atoms with Gasteiger partial charge in [0.2, 0.25) is 11.8 Å². The van der Waals surface area contributed by atoms with E-state index in [0.29, 0.717) is 0 Å². The van der Waals surface area contributed by atoms with E-state index < -0.39 is 27.8 Å². The number of hydrogen-bond donors (Lipinski definition) is 1. The minimum atomic E-state index is -4.43. The van der Waals surface area contributed by atoms with Crippen LogP contribution in [-0.4, -0.2) is 35.6 Å². The van der Waals surface area contributed by atoms with Crippen molar-refractivity contribution in [2.75, 3.05) is 0 Å². The van der Waals surface area contributed by atoms with Crippen LogP contribution in [0, 0.1) is 0 Å². The summed E-state index contributed by atoms with van der Waals surface area (Å²) in [4.78, 5) is 34.1. The maximum atomic E-state index is 12.6. The topological polar surface area (TPSA) is 109 Å². The van der Waals surface area contributed by atoms with Crippen LogP contribution < -0.4 is 0 Å². The Hall–Kier alpha value is -2.74. The first-order chi connectivity index (χ1) is 10.7. The van der Waals surface area contributed by atoms with Gasteiger partial charge in [-0.2, -0.15) is 4.31 Å². The maximum Gasteiger partial charge on any atom is 0.336 e. The van der Waals surface area contributed by atoms with Crippen molar-refractivity contribution in [3.05, 3.63) is 42.0 Å². The first kappa shape index (κ1) is 16.6. The molecule has 0 aliphatic heterocycles. The van der Waals surface area contributed by atoms with Crippen LogP contribution in [0.3, 0.4) is 0 Å². The second kappa shape index (κ2) is 5.81. The number of rotatable bonds is 3. The molecule has 0 atom stereocenters. The van der Waals surface area contributed by atoms with E-state index in [1.165, 1.54) is 12.1 Å². The number of nitrogens with zero attached hydrogens (tertiary/aromatic N) is 1. The minimum absolute atomic E-state index is 0.0725. The summed E-state index contributed by atoms with van der Waals surface area (Å²) >= 11 is 0. The third-order valence-corrected chi connectivity index (χ3v) is 5.11. The first-order valence-electron chi connectivity index (χ1n) is 6.49. The molecular weight excluding hydrogens is 322 g/mol. The van der Waals surface area contributed by atoms with Gasteiger partial charge in [0.15, 0.2) is 0 Å². The lowest BCUT2D eigenvalue weighted by Gasteiger charge is -2.18. The summed E-state index contributed by atoms with van der Waals surface area (Å²) in [6.07, 6.45) is 0. The van der Waals surface area contributed by atoms with Gasteiger partial charge >= 0.3 is 5.97 Å². The Labute approximate surface area is 132 Å². The van der Waals surface area contributed by atoms with Crippen molar-refractivity contribution in [1.82, 2.24) is 4.31 Å². The van der Waals surface area contributed by atoms with Gasteiger partial charge in [-0.15, -0.1) is 0 Å². The van der Waals surface area contributed by atoms with E-state index >= 15 is 0 Å². The van der Waals surface area contributed by atoms with Crippen molar-refractivity contribution >= 4 is 38.6 Å². The number of carboxylic acids is 1. The van der Waals surface area contributed by atoms with Crippen LogP contribution >= 0.6 is 0 Å². The predicted molar refractivity (Wildman–Crippen MR) is 81.3 cm³/mol. The zero-order valence-electron chi connectivity index (χ0n) is 12.3. The molecule has 2 aromatic rings. The van der Waals surface area contributed by atoms with Gasteiger partial charge in [-0.1, -0.05) is 24.3 Å². The molecule has 0 aliphatic rings. The molecule has 1 N–H and O–H groups in total. The summed E-state index contributed by atoms with van der Waals surface area (Å²) in [5, 5.41) is 9.52. The van der Waals surface area contributed by atoms with Crippen molar-refractivity contribution in [2.45, 2.75) is 18.7 Å². The Morgan fingerprint density at radius 2 is 1.43 bits per heavy atom. The Bertz CT molecular complexity index is 918. The van der Waals surface area contributed by atoms with E-state index in [4.69, 9.17) is 0 Å². The number of aromatic carboxylic acids is 1. The fraction of sp³-hybridized carbons (Fsp3) is 0.133. The maximum absolute atomic E-state index is 12.6. The zero-order valence-corrected chi connectivity index (χ0v) is 13.1. The molecule has 0 aliphatic carbocycles. The van der Waals surface area contributed by atoms with Crippen LogP contribution in [0.25, 0.3) is 10.8 Å². The Morgan fingerprint density at radius 3 is 1.91 bits per heavy atom. The number of carboxylic acid groups (broad SMARTS) is 1. The Morgan fingerprint density at radius 1 is 0.913 bits per heavy atom. The monoisotopic (exact) mass is 335 g/mol. The summed E-state index contributed by atoms with van der Waals surface area (Å²) in [5.41, 5.74) is -0.0725. The highest BCUT2D eigenvalue weighted by atomic mass is 32.2. The fourth-order valence-corrected chi connectivity index (χ4v) is 3.91. The number of carbonyl (C=O) groups excluding carboxylic acids is 2. The quantitative estimate of drug-likeness (QED) is 0.913. The fourth-order valence-electron chi connectivity index (χ4n) is 2.34. The molecular formula is C15H13NO6S. The van der Waals surface area contributed by atoms with Crippen LogP contribution in [0.1, 0.15) is 24.2 Å². The average molecular weight is 335 g/mol. The average Bonchev–Trinajstić information content (AvgIpc) is 2.44. The Balaban J connectivity index is 2.84. The lowest BCUT2D eigenvalue weighted by Crippen LogP contribution is -2.39. The molecule has 0 bridgehead atoms. The highest BCUT2D eigenvalue weighted by Gasteiger charge is 2.32. The number of fused-ring (bicyclic) bond motifs is 1. The second-order valence-electron chi connectivity index (χ2n) is 4.77. The molecule has 0 radical (unpaired) electrons. The summed E-state index contributed by atoms with van der Waals surface area (Å²) in [6.45, 7) is 1.93. The van der Waals surface area contributed by atoms with Crippen molar-refractivity contribution in [3.8, 4) is 0 Å². The van der Waals surface area contributed by atoms with E-state index in [-0.39, 0.29) is 25.5 Å². The molecule has 0 saturated heterocycles. The molecule has 23 heavy (non-hydrogen) atoms. The van der Waals surface area contributed by atoms with Gasteiger partial charge in [-0.05, 0) is 17.5 Å². The number of benzene rings is 2. The molecule has 0 saturated carbocycles. The minimum Gasteiger partial charge on any atom is -0.478 e. The van der Waals surface area contributed by atoms with Gasteiger partial charge in [-0.3, -0.25) is 9.59 Å². The van der Waals surface area contributed by atoms with E-state index in [0.717, 1.165) is 26.0 Å². The number of amides is 2. The van der Waals surface area contributed by atoms with Gasteiger partial charge in [-0.25, -0.2) is 13.2 Å². The smallest absolute Gasteiger partial charge is 0.336 e. The largest absolute Gasteiger partial charge is 0.478 e. The molecule has 7 nitrogen and oxygen atoms in total. The molecule has 0 fully saturated rings. The number of hydrogen-bond acceptors (Lipinski definition) is 5. The molecule has 8 heteroatoms.